The molecule has 2 aromatic rings. The van der Waals surface area contributed by atoms with Crippen molar-refractivity contribution in [3.63, 3.8) is 0 Å². The van der Waals surface area contributed by atoms with Gasteiger partial charge in [-0.15, -0.1) is 5.10 Å². The van der Waals surface area contributed by atoms with Gasteiger partial charge in [0.15, 0.2) is 15.4 Å². The molecule has 0 bridgehead atoms. The van der Waals surface area contributed by atoms with Crippen molar-refractivity contribution in [1.29, 1.82) is 0 Å². The van der Waals surface area contributed by atoms with Gasteiger partial charge < -0.3 is 25.8 Å². The van der Waals surface area contributed by atoms with Crippen molar-refractivity contribution >= 4 is 45.0 Å². The van der Waals surface area contributed by atoms with Crippen molar-refractivity contribution in [2.24, 2.45) is 16.6 Å². The highest BCUT2D eigenvalue weighted by molar-refractivity contribution is 7.90. The number of Topliss-reactive ketones (excluding diaryl/α,β-unsaturated/α-hetero) is 1. The molecule has 0 spiro atoms. The highest BCUT2D eigenvalue weighted by Gasteiger charge is 2.49. The number of primary amides is 1. The van der Waals surface area contributed by atoms with Crippen LogP contribution < -0.4 is 11.1 Å². The quantitative estimate of drug-likeness (QED) is 0.219. The summed E-state index contributed by atoms with van der Waals surface area (Å²) in [7, 11) is -3.51. The number of amides is 4. The Morgan fingerprint density at radius 2 is 1.67 bits per heavy atom. The highest BCUT2D eigenvalue weighted by atomic mass is 32.2. The van der Waals surface area contributed by atoms with E-state index in [1.807, 2.05) is 0 Å². The van der Waals surface area contributed by atoms with Crippen LogP contribution in [0.25, 0.3) is 0 Å². The first-order valence-corrected chi connectivity index (χ1v) is 19.7. The number of sulfone groups is 1. The van der Waals surface area contributed by atoms with Crippen molar-refractivity contribution in [3.8, 4) is 0 Å². The lowest BCUT2D eigenvalue weighted by molar-refractivity contribution is -0.186. The predicted octanol–water partition coefficient (Wildman–Crippen LogP) is 1.17. The molecular formula is C35H45N7O9S. The third-order valence-electron chi connectivity index (χ3n) is 10.8. The zero-order valence-electron chi connectivity index (χ0n) is 29.2. The minimum absolute atomic E-state index is 0.0299. The van der Waals surface area contributed by atoms with Crippen LogP contribution in [-0.2, 0) is 39.4 Å². The minimum Gasteiger partial charge on any atom is -0.379 e. The van der Waals surface area contributed by atoms with E-state index < -0.39 is 62.5 Å². The Bertz CT molecular complexity index is 1860. The Morgan fingerprint density at radius 3 is 2.27 bits per heavy atom. The van der Waals surface area contributed by atoms with Gasteiger partial charge >= 0.3 is 0 Å². The molecule has 4 aliphatic rings. The Balaban J connectivity index is 1.34. The number of nitrogens with two attached hydrogens (primary N) is 1. The number of hydrogen-bond acceptors (Lipinski definition) is 11. The topological polar surface area (TPSA) is 233 Å². The average Bonchev–Trinajstić information content (AvgIpc) is 3.79. The van der Waals surface area contributed by atoms with E-state index in [4.69, 9.17) is 10.5 Å². The van der Waals surface area contributed by atoms with Crippen LogP contribution in [0.2, 0.25) is 0 Å². The Hall–Kier alpha value is -4.35. The third-order valence-corrected chi connectivity index (χ3v) is 12.0. The Morgan fingerprint density at radius 1 is 1.02 bits per heavy atom. The fourth-order valence-electron chi connectivity index (χ4n) is 7.75. The molecule has 4 fully saturated rings. The van der Waals surface area contributed by atoms with Crippen LogP contribution in [0.5, 0.6) is 0 Å². The highest BCUT2D eigenvalue weighted by Crippen LogP contribution is 2.35. The number of nitrogens with one attached hydrogen (secondary N) is 1. The number of hydrogen-bond donors (Lipinski definition) is 3. The van der Waals surface area contributed by atoms with Gasteiger partial charge in [0.25, 0.3) is 17.7 Å². The lowest BCUT2D eigenvalue weighted by atomic mass is 9.78. The van der Waals surface area contributed by atoms with E-state index in [2.05, 4.69) is 20.6 Å². The summed E-state index contributed by atoms with van der Waals surface area (Å²) in [6.45, 7) is 0.0638. The number of aromatic nitrogens is 3. The van der Waals surface area contributed by atoms with Crippen LogP contribution >= 0.6 is 0 Å². The van der Waals surface area contributed by atoms with Gasteiger partial charge in [-0.05, 0) is 49.4 Å². The number of carbonyl (C=O) groups is 5. The summed E-state index contributed by atoms with van der Waals surface area (Å²) >= 11 is 0. The first-order valence-electron chi connectivity index (χ1n) is 17.8. The normalized spacial score (nSPS) is 23.4. The molecule has 6 rings (SSSR count). The Labute approximate surface area is 301 Å². The molecule has 1 aromatic carbocycles. The summed E-state index contributed by atoms with van der Waals surface area (Å²) < 4.78 is 30.6. The van der Waals surface area contributed by atoms with Crippen LogP contribution in [-0.4, -0.2) is 106 Å². The van der Waals surface area contributed by atoms with E-state index in [1.165, 1.54) is 33.8 Å². The Kier molecular flexibility index (Phi) is 10.8. The van der Waals surface area contributed by atoms with E-state index in [0.29, 0.717) is 12.8 Å². The summed E-state index contributed by atoms with van der Waals surface area (Å²) in [6.07, 6.45) is 9.95. The zero-order valence-corrected chi connectivity index (χ0v) is 30.0. The van der Waals surface area contributed by atoms with Crippen LogP contribution in [0, 0.1) is 5.92 Å². The summed E-state index contributed by atoms with van der Waals surface area (Å²) in [4.78, 5) is 73.4. The fourth-order valence-corrected chi connectivity index (χ4v) is 8.38. The van der Waals surface area contributed by atoms with Crippen molar-refractivity contribution < 1.29 is 42.2 Å². The molecule has 0 unspecified atom stereocenters. The molecule has 0 radical (unpaired) electrons. The molecule has 2 aliphatic carbocycles. The zero-order chi connectivity index (χ0) is 37.3. The van der Waals surface area contributed by atoms with Crippen LogP contribution in [0.15, 0.2) is 40.4 Å². The largest absolute Gasteiger partial charge is 0.379 e. The summed E-state index contributed by atoms with van der Waals surface area (Å²) in [5.74, 6) is -4.00. The van der Waals surface area contributed by atoms with Gasteiger partial charge in [0, 0.05) is 24.8 Å². The monoisotopic (exact) mass is 739 g/mol. The van der Waals surface area contributed by atoms with E-state index in [0.717, 1.165) is 44.8 Å². The molecular weight excluding hydrogens is 694 g/mol. The number of carbonyl (C=O) groups excluding carboxylic acids is 5. The maximum absolute atomic E-state index is 14.6. The van der Waals surface area contributed by atoms with Gasteiger partial charge in [-0.25, -0.2) is 18.1 Å². The van der Waals surface area contributed by atoms with Gasteiger partial charge in [-0.3, -0.25) is 24.0 Å². The van der Waals surface area contributed by atoms with Crippen LogP contribution in [0.3, 0.4) is 0 Å². The molecule has 2 aliphatic heterocycles. The lowest BCUT2D eigenvalue weighted by Gasteiger charge is -2.37. The molecule has 2 saturated carbocycles. The van der Waals surface area contributed by atoms with E-state index in [-0.39, 0.29) is 73.2 Å². The van der Waals surface area contributed by atoms with Gasteiger partial charge in [-0.1, -0.05) is 56.6 Å². The van der Waals surface area contributed by atoms with Crippen molar-refractivity contribution in [3.05, 3.63) is 41.7 Å². The minimum atomic E-state index is -3.51. The number of aliphatic imine (C=N–C) groups is 1. The van der Waals surface area contributed by atoms with Gasteiger partial charge in [0.1, 0.15) is 23.0 Å². The van der Waals surface area contributed by atoms with E-state index in [9.17, 15) is 37.5 Å². The number of ketones is 1. The second kappa shape index (κ2) is 14.9. The first kappa shape index (κ1) is 37.4. The van der Waals surface area contributed by atoms with Crippen molar-refractivity contribution in [2.75, 3.05) is 26.0 Å². The summed E-state index contributed by atoms with van der Waals surface area (Å²) in [5.41, 5.74) is 2.96. The molecule has 4 amide bonds. The second-order valence-corrected chi connectivity index (χ2v) is 16.7. The van der Waals surface area contributed by atoms with Gasteiger partial charge in [-0.2, -0.15) is 0 Å². The average molecular weight is 740 g/mol. The van der Waals surface area contributed by atoms with E-state index in [1.54, 1.807) is 6.20 Å². The second-order valence-electron chi connectivity index (χ2n) is 14.7. The lowest BCUT2D eigenvalue weighted by Crippen LogP contribution is -2.62. The van der Waals surface area contributed by atoms with Gasteiger partial charge in [0.2, 0.25) is 11.7 Å². The number of aliphatic hydroxyl groups is 1. The van der Waals surface area contributed by atoms with Crippen molar-refractivity contribution in [1.82, 2.24) is 25.2 Å². The number of benzene rings is 1. The smallest absolute Gasteiger partial charge is 0.287 e. The summed E-state index contributed by atoms with van der Waals surface area (Å²) in [5, 5.41) is 21.9. The van der Waals surface area contributed by atoms with E-state index >= 15 is 0 Å². The standard InChI is InChI=1S/C35H45N7O9S/c1-52(49,50)25-12-10-23(11-13-25)31(45)37-26(16-22-8-4-2-5-9-22)33(47)41-18-24(42-19-28(39-40-42)35(48)20-51-21-35)17-27(41)32(46)38-34(29(43)30(36)44)14-6-3-7-15-34/h10-13,19,22,24,27,48H,2-9,14-18,20-21H2,1H3,(H2,36,44)(H,38,46)/t24-,27-/m0/s1. The summed E-state index contributed by atoms with van der Waals surface area (Å²) in [6, 6.07) is 3.56. The molecule has 3 heterocycles. The molecule has 2 atom stereocenters. The number of ether oxygens (including phenoxy) is 1. The third kappa shape index (κ3) is 7.85. The maximum atomic E-state index is 14.6. The maximum Gasteiger partial charge on any atom is 0.287 e. The molecule has 16 nitrogen and oxygen atoms in total. The van der Waals surface area contributed by atoms with Crippen molar-refractivity contribution in [2.45, 2.75) is 105 Å². The number of nitrogens with zero attached hydrogens (tertiary/aromatic N) is 5. The number of rotatable bonds is 11. The predicted molar refractivity (Wildman–Crippen MR) is 185 cm³/mol. The van der Waals surface area contributed by atoms with Gasteiger partial charge in [0.05, 0.1) is 30.3 Å². The van der Waals surface area contributed by atoms with Crippen LogP contribution in [0.4, 0.5) is 0 Å². The molecule has 17 heteroatoms. The number of likely N-dealkylation sites (tertiary alicyclic amines) is 1. The fraction of sp³-hybridized carbons (Fsp3) is 0.600. The SMILES string of the molecule is CS(=O)(=O)c1ccc(C(=O)N=C(CC2CCCCC2)C(=O)N2C[C@@H](n3cc(C4(O)COC4)nn3)C[C@H]2C(=O)NC2(C(=O)C(N)=O)CCCCC2)cc1. The molecule has 4 N–H and O–H groups in total. The molecule has 52 heavy (non-hydrogen) atoms. The molecule has 2 saturated heterocycles. The first-order chi connectivity index (χ1) is 24.7. The molecule has 1 aromatic heterocycles. The molecule has 280 valence electrons. The van der Waals surface area contributed by atoms with Crippen LogP contribution in [0.1, 0.15) is 99.1 Å².